The van der Waals surface area contributed by atoms with E-state index in [2.05, 4.69) is 10.6 Å². The molecule has 1 aromatic carbocycles. The van der Waals surface area contributed by atoms with Crippen LogP contribution in [0.5, 0.6) is 0 Å². The van der Waals surface area contributed by atoms with Gasteiger partial charge < -0.3 is 10.6 Å². The van der Waals surface area contributed by atoms with Crippen LogP contribution in [0.3, 0.4) is 0 Å². The Morgan fingerprint density at radius 2 is 2.21 bits per heavy atom. The Kier molecular flexibility index (Phi) is 2.86. The quantitative estimate of drug-likeness (QED) is 0.776. The first-order chi connectivity index (χ1) is 6.72. The Morgan fingerprint density at radius 1 is 1.43 bits per heavy atom. The predicted molar refractivity (Wildman–Crippen MR) is 61.4 cm³/mol. The monoisotopic (exact) mass is 230 g/mol. The molecule has 0 saturated heterocycles. The summed E-state index contributed by atoms with van der Waals surface area (Å²) in [7, 11) is 1.95. The summed E-state index contributed by atoms with van der Waals surface area (Å²) in [6.45, 7) is 0.954. The van der Waals surface area contributed by atoms with Crippen LogP contribution in [-0.2, 0) is 0 Å². The second-order valence-corrected chi connectivity index (χ2v) is 4.25. The number of fused-ring (bicyclic) bond motifs is 1. The van der Waals surface area contributed by atoms with Crippen molar-refractivity contribution in [2.24, 2.45) is 0 Å². The Bertz CT molecular complexity index is 352. The van der Waals surface area contributed by atoms with Crippen LogP contribution < -0.4 is 10.6 Å². The molecule has 0 spiro atoms. The van der Waals surface area contributed by atoms with Gasteiger partial charge in [-0.3, -0.25) is 0 Å². The Hall–Kier alpha value is -0.440. The molecule has 76 valence electrons. The minimum Gasteiger partial charge on any atom is -0.385 e. The SMILES string of the molecule is CNC1CCNc2cc(Cl)cc(Cl)c21. The van der Waals surface area contributed by atoms with Gasteiger partial charge in [0.25, 0.3) is 0 Å². The van der Waals surface area contributed by atoms with Gasteiger partial charge in [-0.1, -0.05) is 23.2 Å². The molecule has 14 heavy (non-hydrogen) atoms. The average molecular weight is 231 g/mol. The van der Waals surface area contributed by atoms with Crippen molar-refractivity contribution in [3.05, 3.63) is 27.7 Å². The zero-order valence-electron chi connectivity index (χ0n) is 7.90. The fourth-order valence-electron chi connectivity index (χ4n) is 1.87. The smallest absolute Gasteiger partial charge is 0.0489 e. The molecule has 4 heteroatoms. The van der Waals surface area contributed by atoms with Crippen molar-refractivity contribution >= 4 is 28.9 Å². The highest BCUT2D eigenvalue weighted by atomic mass is 35.5. The van der Waals surface area contributed by atoms with Gasteiger partial charge in [0.05, 0.1) is 0 Å². The normalized spacial score (nSPS) is 20.1. The Morgan fingerprint density at radius 3 is 2.93 bits per heavy atom. The molecule has 0 bridgehead atoms. The van der Waals surface area contributed by atoms with Crippen LogP contribution in [0.1, 0.15) is 18.0 Å². The second kappa shape index (κ2) is 3.97. The van der Waals surface area contributed by atoms with Gasteiger partial charge in [0.15, 0.2) is 0 Å². The molecule has 1 aliphatic heterocycles. The van der Waals surface area contributed by atoms with E-state index in [1.807, 2.05) is 13.1 Å². The minimum atomic E-state index is 0.330. The zero-order valence-corrected chi connectivity index (χ0v) is 9.41. The van der Waals surface area contributed by atoms with Crippen LogP contribution in [0.25, 0.3) is 0 Å². The average Bonchev–Trinajstić information content (AvgIpc) is 2.16. The third kappa shape index (κ3) is 1.70. The van der Waals surface area contributed by atoms with Crippen LogP contribution in [-0.4, -0.2) is 13.6 Å². The third-order valence-electron chi connectivity index (χ3n) is 2.54. The summed E-state index contributed by atoms with van der Waals surface area (Å²) in [4.78, 5) is 0. The van der Waals surface area contributed by atoms with Crippen LogP contribution in [0, 0.1) is 0 Å². The maximum absolute atomic E-state index is 6.16. The van der Waals surface area contributed by atoms with Crippen LogP contribution in [0.15, 0.2) is 12.1 Å². The molecule has 0 amide bonds. The molecule has 2 N–H and O–H groups in total. The first-order valence-corrected chi connectivity index (χ1v) is 5.38. The van der Waals surface area contributed by atoms with E-state index in [9.17, 15) is 0 Å². The second-order valence-electron chi connectivity index (χ2n) is 3.41. The molecule has 0 fully saturated rings. The van der Waals surface area contributed by atoms with Crippen molar-refractivity contribution in [2.75, 3.05) is 18.9 Å². The number of hydrogen-bond donors (Lipinski definition) is 2. The largest absolute Gasteiger partial charge is 0.385 e. The molecule has 1 atom stereocenters. The Balaban J connectivity index is 2.51. The first kappa shape index (κ1) is 10.1. The Labute approximate surface area is 93.6 Å². The zero-order chi connectivity index (χ0) is 10.1. The summed E-state index contributed by atoms with van der Waals surface area (Å²) in [6, 6.07) is 4.04. The number of halogens is 2. The van der Waals surface area contributed by atoms with Crippen LogP contribution in [0.4, 0.5) is 5.69 Å². The molecule has 0 radical (unpaired) electrons. The lowest BCUT2D eigenvalue weighted by Gasteiger charge is -2.27. The summed E-state index contributed by atoms with van der Waals surface area (Å²) in [5, 5.41) is 7.97. The maximum Gasteiger partial charge on any atom is 0.0489 e. The van der Waals surface area contributed by atoms with E-state index in [0.717, 1.165) is 29.2 Å². The molecule has 0 saturated carbocycles. The van der Waals surface area contributed by atoms with E-state index in [1.54, 1.807) is 6.07 Å². The van der Waals surface area contributed by atoms with Gasteiger partial charge in [-0.2, -0.15) is 0 Å². The van der Waals surface area contributed by atoms with Crippen LogP contribution in [0.2, 0.25) is 10.0 Å². The van der Waals surface area contributed by atoms with E-state index in [-0.39, 0.29) is 0 Å². The van der Waals surface area contributed by atoms with E-state index in [4.69, 9.17) is 23.2 Å². The predicted octanol–water partition coefficient (Wildman–Crippen LogP) is 3.07. The standard InChI is InChI=1S/C10H12Cl2N2/c1-13-8-2-3-14-9-5-6(11)4-7(12)10(8)9/h4-5,8,13-14H,2-3H2,1H3. The molecule has 0 aromatic heterocycles. The summed E-state index contributed by atoms with van der Waals surface area (Å²) in [5.41, 5.74) is 2.18. The lowest BCUT2D eigenvalue weighted by Crippen LogP contribution is -2.25. The van der Waals surface area contributed by atoms with Crippen molar-refractivity contribution in [1.82, 2.24) is 5.32 Å². The van der Waals surface area contributed by atoms with Gasteiger partial charge in [-0.15, -0.1) is 0 Å². The van der Waals surface area contributed by atoms with Gasteiger partial charge in [0.2, 0.25) is 0 Å². The summed E-state index contributed by atoms with van der Waals surface area (Å²) < 4.78 is 0. The lowest BCUT2D eigenvalue weighted by molar-refractivity contribution is 0.551. The van der Waals surface area contributed by atoms with E-state index in [1.165, 1.54) is 0 Å². The summed E-state index contributed by atoms with van der Waals surface area (Å²) in [6.07, 6.45) is 1.05. The molecule has 0 aliphatic carbocycles. The molecule has 1 heterocycles. The van der Waals surface area contributed by atoms with Crippen molar-refractivity contribution in [2.45, 2.75) is 12.5 Å². The highest BCUT2D eigenvalue weighted by Gasteiger charge is 2.21. The van der Waals surface area contributed by atoms with Crippen molar-refractivity contribution in [1.29, 1.82) is 0 Å². The first-order valence-electron chi connectivity index (χ1n) is 4.62. The molecule has 1 aliphatic rings. The van der Waals surface area contributed by atoms with E-state index in [0.29, 0.717) is 11.1 Å². The van der Waals surface area contributed by atoms with E-state index >= 15 is 0 Å². The highest BCUT2D eigenvalue weighted by Crippen LogP contribution is 2.37. The van der Waals surface area contributed by atoms with Gasteiger partial charge in [-0.25, -0.2) is 0 Å². The third-order valence-corrected chi connectivity index (χ3v) is 3.07. The van der Waals surface area contributed by atoms with Crippen LogP contribution >= 0.6 is 23.2 Å². The van der Waals surface area contributed by atoms with Gasteiger partial charge in [0.1, 0.15) is 0 Å². The van der Waals surface area contributed by atoms with Crippen molar-refractivity contribution in [3.8, 4) is 0 Å². The highest BCUT2D eigenvalue weighted by molar-refractivity contribution is 6.35. The molecule has 1 unspecified atom stereocenters. The van der Waals surface area contributed by atoms with Crippen molar-refractivity contribution < 1.29 is 0 Å². The molecular weight excluding hydrogens is 219 g/mol. The molecule has 1 aromatic rings. The summed E-state index contributed by atoms with van der Waals surface area (Å²) in [5.74, 6) is 0. The number of anilines is 1. The topological polar surface area (TPSA) is 24.1 Å². The summed E-state index contributed by atoms with van der Waals surface area (Å²) >= 11 is 12.1. The maximum atomic E-state index is 6.16. The number of benzene rings is 1. The number of nitrogens with one attached hydrogen (secondary N) is 2. The van der Waals surface area contributed by atoms with Crippen molar-refractivity contribution in [3.63, 3.8) is 0 Å². The number of rotatable bonds is 1. The fraction of sp³-hybridized carbons (Fsp3) is 0.400. The van der Waals surface area contributed by atoms with E-state index < -0.39 is 0 Å². The molecule has 2 rings (SSSR count). The van der Waals surface area contributed by atoms with Gasteiger partial charge in [-0.05, 0) is 25.6 Å². The number of hydrogen-bond acceptors (Lipinski definition) is 2. The molecule has 2 nitrogen and oxygen atoms in total. The van der Waals surface area contributed by atoms with Gasteiger partial charge >= 0.3 is 0 Å². The lowest BCUT2D eigenvalue weighted by atomic mass is 9.98. The molecular formula is C10H12Cl2N2. The minimum absolute atomic E-state index is 0.330. The van der Waals surface area contributed by atoms with Gasteiger partial charge in [0, 0.05) is 33.9 Å². The fourth-order valence-corrected chi connectivity index (χ4v) is 2.49.